The minimum Gasteiger partial charge on any atom is -0.508 e. The third-order valence-corrected chi connectivity index (χ3v) is 5.91. The van der Waals surface area contributed by atoms with Crippen molar-refractivity contribution in [2.75, 3.05) is 0 Å². The van der Waals surface area contributed by atoms with Crippen LogP contribution in [0.2, 0.25) is 0 Å². The van der Waals surface area contributed by atoms with Crippen LogP contribution in [0.25, 0.3) is 0 Å². The molecule has 3 aliphatic rings. The highest BCUT2D eigenvalue weighted by molar-refractivity contribution is 5.42. The van der Waals surface area contributed by atoms with Crippen molar-refractivity contribution in [1.29, 1.82) is 0 Å². The number of fused-ring (bicyclic) bond motifs is 5. The van der Waals surface area contributed by atoms with Crippen LogP contribution in [0.15, 0.2) is 29.3 Å². The van der Waals surface area contributed by atoms with Gasteiger partial charge in [-0.1, -0.05) is 17.2 Å². The molecule has 4 atom stereocenters. The van der Waals surface area contributed by atoms with E-state index in [1.165, 1.54) is 31.2 Å². The van der Waals surface area contributed by atoms with Gasteiger partial charge in [-0.05, 0) is 80.0 Å². The summed E-state index contributed by atoms with van der Waals surface area (Å²) in [5.41, 5.74) is 5.56. The number of hydrogen-bond donors (Lipinski definition) is 2. The topological polar surface area (TPSA) is 40.5 Å². The van der Waals surface area contributed by atoms with E-state index in [1.807, 2.05) is 6.07 Å². The van der Waals surface area contributed by atoms with Crippen molar-refractivity contribution >= 4 is 0 Å². The van der Waals surface area contributed by atoms with Gasteiger partial charge in [0.25, 0.3) is 0 Å². The molecule has 0 amide bonds. The molecule has 0 spiro atoms. The molecule has 4 unspecified atom stereocenters. The summed E-state index contributed by atoms with van der Waals surface area (Å²) in [5.74, 6) is 2.15. The van der Waals surface area contributed by atoms with E-state index in [1.54, 1.807) is 23.3 Å². The van der Waals surface area contributed by atoms with Crippen LogP contribution in [0.5, 0.6) is 5.75 Å². The van der Waals surface area contributed by atoms with Gasteiger partial charge in [0.15, 0.2) is 0 Å². The van der Waals surface area contributed by atoms with Gasteiger partial charge in [-0.2, -0.15) is 0 Å². The van der Waals surface area contributed by atoms with Crippen LogP contribution in [0, 0.1) is 11.8 Å². The van der Waals surface area contributed by atoms with Gasteiger partial charge in [0, 0.05) is 0 Å². The lowest BCUT2D eigenvalue weighted by molar-refractivity contribution is 0.0915. The van der Waals surface area contributed by atoms with Crippen molar-refractivity contribution in [3.8, 4) is 5.75 Å². The van der Waals surface area contributed by atoms with E-state index in [2.05, 4.69) is 6.92 Å². The molecule has 1 saturated carbocycles. The Morgan fingerprint density at radius 3 is 2.70 bits per heavy atom. The Morgan fingerprint density at radius 2 is 1.85 bits per heavy atom. The molecule has 0 heterocycles. The molecule has 2 N–H and O–H groups in total. The first-order valence-corrected chi connectivity index (χ1v) is 7.84. The zero-order chi connectivity index (χ0) is 13.9. The Hall–Kier alpha value is -1.28. The highest BCUT2D eigenvalue weighted by Crippen LogP contribution is 2.56. The van der Waals surface area contributed by atoms with Gasteiger partial charge in [-0.15, -0.1) is 0 Å². The van der Waals surface area contributed by atoms with E-state index in [9.17, 15) is 10.2 Å². The summed E-state index contributed by atoms with van der Waals surface area (Å²) in [4.78, 5) is 0. The van der Waals surface area contributed by atoms with Gasteiger partial charge in [0.05, 0.1) is 6.10 Å². The molecule has 1 fully saturated rings. The minimum absolute atomic E-state index is 0.273. The second-order valence-corrected chi connectivity index (χ2v) is 6.82. The van der Waals surface area contributed by atoms with Crippen molar-refractivity contribution in [1.82, 2.24) is 0 Å². The standard InChI is InChI=1S/C18H22O2/c1-10-2-4-13-12(10)6-7-14-15-5-3-11(19)8-17(15)18(20)9-16(13)14/h3,5,8,13-14,16,18-20H,2,4,6-7,9H2,1H3. The minimum atomic E-state index is -0.404. The van der Waals surface area contributed by atoms with Crippen LogP contribution < -0.4 is 0 Å². The maximum Gasteiger partial charge on any atom is 0.115 e. The average molecular weight is 270 g/mol. The number of rotatable bonds is 0. The van der Waals surface area contributed by atoms with E-state index in [4.69, 9.17) is 0 Å². The Balaban J connectivity index is 1.77. The number of aromatic hydroxyl groups is 1. The zero-order valence-corrected chi connectivity index (χ0v) is 12.0. The maximum absolute atomic E-state index is 10.5. The second-order valence-electron chi connectivity index (χ2n) is 6.82. The Morgan fingerprint density at radius 1 is 1.05 bits per heavy atom. The van der Waals surface area contributed by atoms with Crippen molar-refractivity contribution < 1.29 is 10.2 Å². The number of phenols is 1. The quantitative estimate of drug-likeness (QED) is 0.698. The lowest BCUT2D eigenvalue weighted by Crippen LogP contribution is -2.33. The summed E-state index contributed by atoms with van der Waals surface area (Å²) in [6.07, 6.45) is 5.43. The largest absolute Gasteiger partial charge is 0.508 e. The summed E-state index contributed by atoms with van der Waals surface area (Å²) in [6.45, 7) is 2.29. The van der Waals surface area contributed by atoms with E-state index < -0.39 is 6.10 Å². The molecular weight excluding hydrogens is 248 g/mol. The van der Waals surface area contributed by atoms with Crippen LogP contribution in [0.4, 0.5) is 0 Å². The van der Waals surface area contributed by atoms with Crippen LogP contribution >= 0.6 is 0 Å². The summed E-state index contributed by atoms with van der Waals surface area (Å²) in [6, 6.07) is 5.59. The molecule has 4 rings (SSSR count). The SMILES string of the molecule is CC1=C2CCC3c4ccc(O)cc4C(O)CC3C2CC1. The summed E-state index contributed by atoms with van der Waals surface area (Å²) in [7, 11) is 0. The van der Waals surface area contributed by atoms with Crippen LogP contribution in [0.1, 0.15) is 62.2 Å². The van der Waals surface area contributed by atoms with Crippen molar-refractivity contribution in [2.45, 2.75) is 51.0 Å². The summed E-state index contributed by atoms with van der Waals surface area (Å²) in [5, 5.41) is 20.2. The second kappa shape index (κ2) is 4.36. The predicted molar refractivity (Wildman–Crippen MR) is 78.6 cm³/mol. The molecule has 0 aromatic heterocycles. The third-order valence-electron chi connectivity index (χ3n) is 5.91. The first-order valence-electron chi connectivity index (χ1n) is 7.84. The van der Waals surface area contributed by atoms with Gasteiger partial charge < -0.3 is 10.2 Å². The molecule has 0 radical (unpaired) electrons. The molecule has 20 heavy (non-hydrogen) atoms. The first-order chi connectivity index (χ1) is 9.65. The molecule has 2 nitrogen and oxygen atoms in total. The fourth-order valence-corrected chi connectivity index (χ4v) is 4.99. The van der Waals surface area contributed by atoms with Gasteiger partial charge in [0.1, 0.15) is 5.75 Å². The molecule has 0 aliphatic heterocycles. The molecule has 0 saturated heterocycles. The Labute approximate surface area is 120 Å². The van der Waals surface area contributed by atoms with Crippen molar-refractivity contribution in [3.05, 3.63) is 40.5 Å². The van der Waals surface area contributed by atoms with E-state index >= 15 is 0 Å². The normalized spacial score (nSPS) is 35.5. The number of allylic oxidation sites excluding steroid dienone is 2. The molecule has 1 aromatic carbocycles. The predicted octanol–water partition coefficient (Wildman–Crippen LogP) is 4.05. The fourth-order valence-electron chi connectivity index (χ4n) is 4.99. The number of hydrogen-bond acceptors (Lipinski definition) is 2. The van der Waals surface area contributed by atoms with Crippen molar-refractivity contribution in [3.63, 3.8) is 0 Å². The average Bonchev–Trinajstić information content (AvgIpc) is 2.81. The molecule has 2 heteroatoms. The highest BCUT2D eigenvalue weighted by atomic mass is 16.3. The van der Waals surface area contributed by atoms with Gasteiger partial charge >= 0.3 is 0 Å². The lowest BCUT2D eigenvalue weighted by atomic mass is 9.61. The smallest absolute Gasteiger partial charge is 0.115 e. The number of phenolic OH excluding ortho intramolecular Hbond substituents is 1. The lowest BCUT2D eigenvalue weighted by Gasteiger charge is -2.44. The molecule has 1 aromatic rings. The van der Waals surface area contributed by atoms with Crippen LogP contribution in [-0.2, 0) is 0 Å². The van der Waals surface area contributed by atoms with Crippen LogP contribution in [0.3, 0.4) is 0 Å². The van der Waals surface area contributed by atoms with Gasteiger partial charge in [0.2, 0.25) is 0 Å². The number of benzene rings is 1. The fraction of sp³-hybridized carbons (Fsp3) is 0.556. The van der Waals surface area contributed by atoms with Gasteiger partial charge in [-0.25, -0.2) is 0 Å². The third kappa shape index (κ3) is 1.67. The van der Waals surface area contributed by atoms with Gasteiger partial charge in [-0.3, -0.25) is 0 Å². The van der Waals surface area contributed by atoms with E-state index in [0.717, 1.165) is 12.0 Å². The maximum atomic E-state index is 10.5. The molecule has 3 aliphatic carbocycles. The van der Waals surface area contributed by atoms with E-state index in [-0.39, 0.29) is 5.75 Å². The summed E-state index contributed by atoms with van der Waals surface area (Å²) >= 11 is 0. The number of aliphatic hydroxyl groups is 1. The van der Waals surface area contributed by atoms with Crippen molar-refractivity contribution in [2.24, 2.45) is 11.8 Å². The Kier molecular flexibility index (Phi) is 2.71. The zero-order valence-electron chi connectivity index (χ0n) is 12.0. The molecule has 106 valence electrons. The Bertz CT molecular complexity index is 587. The summed E-state index contributed by atoms with van der Waals surface area (Å²) < 4.78 is 0. The monoisotopic (exact) mass is 270 g/mol. The van der Waals surface area contributed by atoms with E-state index in [0.29, 0.717) is 17.8 Å². The van der Waals surface area contributed by atoms with Crippen LogP contribution in [-0.4, -0.2) is 10.2 Å². The highest BCUT2D eigenvalue weighted by Gasteiger charge is 2.44. The molecular formula is C18H22O2. The molecule has 0 bridgehead atoms. The number of aliphatic hydroxyl groups excluding tert-OH is 1. The first kappa shape index (κ1) is 12.5.